The van der Waals surface area contributed by atoms with Crippen LogP contribution in [0.2, 0.25) is 0 Å². The van der Waals surface area contributed by atoms with Crippen LogP contribution in [0.4, 0.5) is 0 Å². The number of aromatic nitrogens is 3. The third-order valence-electron chi connectivity index (χ3n) is 3.29. The summed E-state index contributed by atoms with van der Waals surface area (Å²) in [5.41, 5.74) is 3.70. The number of benzene rings is 1. The van der Waals surface area contributed by atoms with Crippen LogP contribution in [0.15, 0.2) is 42.6 Å². The number of imidazole rings is 1. The zero-order chi connectivity index (χ0) is 10.5. The molecule has 3 nitrogen and oxygen atoms in total. The number of fused-ring (bicyclic) bond motifs is 4. The molecule has 0 aliphatic carbocycles. The molecule has 4 rings (SSSR count). The summed E-state index contributed by atoms with van der Waals surface area (Å²) < 4.78 is 4.58. The maximum Gasteiger partial charge on any atom is 0.130 e. The quantitative estimate of drug-likeness (QED) is 0.435. The predicted molar refractivity (Wildman–Crippen MR) is 62.4 cm³/mol. The molecular weight excluding hydrogens is 198 g/mol. The van der Waals surface area contributed by atoms with Crippen LogP contribution in [0.25, 0.3) is 11.0 Å². The average molecular weight is 209 g/mol. The maximum absolute atomic E-state index is 4.67. The molecule has 0 saturated carbocycles. The number of nitrogens with zero attached hydrogens (tertiary/aromatic N) is 3. The van der Waals surface area contributed by atoms with Gasteiger partial charge in [-0.3, -0.25) is 0 Å². The summed E-state index contributed by atoms with van der Waals surface area (Å²) in [6, 6.07) is 12.6. The van der Waals surface area contributed by atoms with E-state index in [-0.39, 0.29) is 0 Å². The van der Waals surface area contributed by atoms with Crippen LogP contribution in [0.1, 0.15) is 11.5 Å². The third kappa shape index (κ3) is 0.949. The fourth-order valence-corrected chi connectivity index (χ4v) is 2.48. The highest BCUT2D eigenvalue weighted by molar-refractivity contribution is 5.76. The highest BCUT2D eigenvalue weighted by atomic mass is 15.2. The molecule has 3 aromatic rings. The van der Waals surface area contributed by atoms with E-state index in [0.29, 0.717) is 0 Å². The van der Waals surface area contributed by atoms with E-state index >= 15 is 0 Å². The summed E-state index contributed by atoms with van der Waals surface area (Å²) in [6.07, 6.45) is 2.12. The lowest BCUT2D eigenvalue weighted by molar-refractivity contribution is 0.587. The molecule has 0 N–H and O–H groups in total. The van der Waals surface area contributed by atoms with Crippen molar-refractivity contribution >= 4 is 11.0 Å². The number of hydrogen-bond acceptors (Lipinski definition) is 1. The molecular formula is C13H11N3. The van der Waals surface area contributed by atoms with Crippen LogP contribution in [0.3, 0.4) is 0 Å². The van der Waals surface area contributed by atoms with Gasteiger partial charge in [0.25, 0.3) is 0 Å². The molecule has 0 radical (unpaired) electrons. The SMILES string of the molecule is c1ccc2c(c1)nc1n2Cc2cccn2C1. The van der Waals surface area contributed by atoms with Crippen LogP contribution in [-0.2, 0) is 13.1 Å². The van der Waals surface area contributed by atoms with E-state index in [4.69, 9.17) is 0 Å². The lowest BCUT2D eigenvalue weighted by Gasteiger charge is -2.18. The molecule has 16 heavy (non-hydrogen) atoms. The van der Waals surface area contributed by atoms with E-state index in [1.165, 1.54) is 11.2 Å². The maximum atomic E-state index is 4.67. The van der Waals surface area contributed by atoms with E-state index in [1.807, 2.05) is 6.07 Å². The van der Waals surface area contributed by atoms with E-state index < -0.39 is 0 Å². The molecule has 1 aliphatic rings. The van der Waals surface area contributed by atoms with Gasteiger partial charge in [0.2, 0.25) is 0 Å². The minimum Gasteiger partial charge on any atom is -0.342 e. The Bertz CT molecular complexity index is 675. The Labute approximate surface area is 93.0 Å². The molecule has 0 saturated heterocycles. The molecule has 78 valence electrons. The van der Waals surface area contributed by atoms with E-state index in [2.05, 4.69) is 50.6 Å². The van der Waals surface area contributed by atoms with Crippen molar-refractivity contribution in [1.82, 2.24) is 14.1 Å². The van der Waals surface area contributed by atoms with Crippen LogP contribution >= 0.6 is 0 Å². The minimum atomic E-state index is 0.886. The van der Waals surface area contributed by atoms with Crippen LogP contribution < -0.4 is 0 Å². The zero-order valence-electron chi connectivity index (χ0n) is 8.80. The number of rotatable bonds is 0. The smallest absolute Gasteiger partial charge is 0.130 e. The summed E-state index contributed by atoms with van der Waals surface area (Å²) in [6.45, 7) is 1.82. The summed E-state index contributed by atoms with van der Waals surface area (Å²) in [5, 5.41) is 0. The first-order valence-corrected chi connectivity index (χ1v) is 5.50. The van der Waals surface area contributed by atoms with Crippen molar-refractivity contribution in [1.29, 1.82) is 0 Å². The third-order valence-corrected chi connectivity index (χ3v) is 3.29. The Balaban J connectivity index is 2.00. The van der Waals surface area contributed by atoms with Gasteiger partial charge in [0.15, 0.2) is 0 Å². The molecule has 0 amide bonds. The van der Waals surface area contributed by atoms with Gasteiger partial charge in [-0.05, 0) is 24.3 Å². The Morgan fingerprint density at radius 3 is 2.94 bits per heavy atom. The summed E-state index contributed by atoms with van der Waals surface area (Å²) in [4.78, 5) is 4.67. The Morgan fingerprint density at radius 2 is 1.94 bits per heavy atom. The summed E-state index contributed by atoms with van der Waals surface area (Å²) in [7, 11) is 0. The first-order valence-electron chi connectivity index (χ1n) is 5.50. The molecule has 2 aromatic heterocycles. The van der Waals surface area contributed by atoms with Crippen molar-refractivity contribution in [2.75, 3.05) is 0 Å². The van der Waals surface area contributed by atoms with Crippen molar-refractivity contribution < 1.29 is 0 Å². The number of para-hydroxylation sites is 2. The van der Waals surface area contributed by atoms with Gasteiger partial charge < -0.3 is 9.13 Å². The van der Waals surface area contributed by atoms with Gasteiger partial charge in [0.1, 0.15) is 5.82 Å². The van der Waals surface area contributed by atoms with Gasteiger partial charge in [0, 0.05) is 11.9 Å². The predicted octanol–water partition coefficient (Wildman–Crippen LogP) is 2.25. The summed E-state index contributed by atoms with van der Waals surface area (Å²) in [5.74, 6) is 1.16. The molecule has 1 aliphatic heterocycles. The van der Waals surface area contributed by atoms with Crippen molar-refractivity contribution in [3.05, 3.63) is 54.1 Å². The normalized spacial score (nSPS) is 13.8. The lowest BCUT2D eigenvalue weighted by Crippen LogP contribution is -2.18. The molecule has 0 atom stereocenters. The highest BCUT2D eigenvalue weighted by Crippen LogP contribution is 2.22. The first-order chi connectivity index (χ1) is 7.92. The van der Waals surface area contributed by atoms with Crippen LogP contribution in [-0.4, -0.2) is 14.1 Å². The zero-order valence-corrected chi connectivity index (χ0v) is 8.80. The van der Waals surface area contributed by atoms with Gasteiger partial charge in [0.05, 0.1) is 24.1 Å². The molecule has 3 heterocycles. The standard InChI is InChI=1S/C13H11N3/c1-2-6-12-11(5-1)14-13-9-15-7-3-4-10(15)8-16(12)13/h1-7H,8-9H2. The van der Waals surface area contributed by atoms with Gasteiger partial charge >= 0.3 is 0 Å². The van der Waals surface area contributed by atoms with Crippen LogP contribution in [0.5, 0.6) is 0 Å². The van der Waals surface area contributed by atoms with Crippen molar-refractivity contribution in [2.24, 2.45) is 0 Å². The molecule has 0 fully saturated rings. The van der Waals surface area contributed by atoms with Crippen LogP contribution in [0, 0.1) is 0 Å². The second kappa shape index (κ2) is 2.76. The van der Waals surface area contributed by atoms with E-state index in [1.54, 1.807) is 0 Å². The monoisotopic (exact) mass is 209 g/mol. The topological polar surface area (TPSA) is 22.8 Å². The second-order valence-electron chi connectivity index (χ2n) is 4.23. The van der Waals surface area contributed by atoms with Crippen molar-refractivity contribution in [3.63, 3.8) is 0 Å². The number of hydrogen-bond donors (Lipinski definition) is 0. The fourth-order valence-electron chi connectivity index (χ4n) is 2.48. The largest absolute Gasteiger partial charge is 0.342 e. The Hall–Kier alpha value is -2.03. The molecule has 0 bridgehead atoms. The van der Waals surface area contributed by atoms with Gasteiger partial charge in [-0.15, -0.1) is 0 Å². The van der Waals surface area contributed by atoms with E-state index in [9.17, 15) is 0 Å². The highest BCUT2D eigenvalue weighted by Gasteiger charge is 2.17. The Morgan fingerprint density at radius 1 is 1.00 bits per heavy atom. The lowest BCUT2D eigenvalue weighted by atomic mass is 10.3. The molecule has 0 spiro atoms. The molecule has 3 heteroatoms. The first kappa shape index (κ1) is 8.16. The van der Waals surface area contributed by atoms with Gasteiger partial charge in [-0.1, -0.05) is 12.1 Å². The Kier molecular flexibility index (Phi) is 1.41. The van der Waals surface area contributed by atoms with Gasteiger partial charge in [-0.2, -0.15) is 0 Å². The average Bonchev–Trinajstić information content (AvgIpc) is 2.88. The second-order valence-corrected chi connectivity index (χ2v) is 4.23. The van der Waals surface area contributed by atoms with Crippen molar-refractivity contribution in [2.45, 2.75) is 13.1 Å². The summed E-state index contributed by atoms with van der Waals surface area (Å²) >= 11 is 0. The molecule has 0 unspecified atom stereocenters. The van der Waals surface area contributed by atoms with Crippen molar-refractivity contribution in [3.8, 4) is 0 Å². The fraction of sp³-hybridized carbons (Fsp3) is 0.154. The minimum absolute atomic E-state index is 0.886. The molecule has 1 aromatic carbocycles. The van der Waals surface area contributed by atoms with E-state index in [0.717, 1.165) is 24.4 Å². The van der Waals surface area contributed by atoms with Gasteiger partial charge in [-0.25, -0.2) is 4.98 Å².